The average molecular weight is 149 g/mol. The van der Waals surface area contributed by atoms with Gasteiger partial charge in [-0.15, -0.1) is 6.58 Å². The minimum absolute atomic E-state index is 0.149. The molecule has 0 radical (unpaired) electrons. The Kier molecular flexibility index (Phi) is 2.74. The van der Waals surface area contributed by atoms with E-state index in [9.17, 15) is 0 Å². The van der Waals surface area contributed by atoms with Gasteiger partial charge in [0.15, 0.2) is 0 Å². The average Bonchev–Trinajstić information content (AvgIpc) is 2.09. The second kappa shape index (κ2) is 3.83. The first-order valence-electron chi connectivity index (χ1n) is 3.43. The van der Waals surface area contributed by atoms with Crippen molar-refractivity contribution >= 4 is 0 Å². The van der Waals surface area contributed by atoms with Gasteiger partial charge in [0, 0.05) is 18.0 Å². The number of hydrogen-bond acceptors (Lipinski definition) is 3. The van der Waals surface area contributed by atoms with Crippen LogP contribution in [-0.2, 0) is 0 Å². The third-order valence-corrected chi connectivity index (χ3v) is 1.49. The van der Waals surface area contributed by atoms with Gasteiger partial charge >= 0.3 is 0 Å². The molecule has 58 valence electrons. The van der Waals surface area contributed by atoms with Crippen molar-refractivity contribution in [1.29, 1.82) is 0 Å². The smallest absolute Gasteiger partial charge is 0.115 e. The third kappa shape index (κ3) is 1.85. The molecule has 1 N–H and O–H groups in total. The Morgan fingerprint density at radius 2 is 2.18 bits per heavy atom. The highest BCUT2D eigenvalue weighted by Crippen LogP contribution is 2.08. The summed E-state index contributed by atoms with van der Waals surface area (Å²) >= 11 is 0. The molecule has 3 nitrogen and oxygen atoms in total. The van der Waals surface area contributed by atoms with Crippen LogP contribution < -0.4 is 5.32 Å². The summed E-state index contributed by atoms with van der Waals surface area (Å²) in [5, 5.41) is 3.07. The number of rotatable bonds is 3. The predicted molar refractivity (Wildman–Crippen MR) is 44.0 cm³/mol. The number of aromatic nitrogens is 2. The molecular weight excluding hydrogens is 138 g/mol. The van der Waals surface area contributed by atoms with E-state index in [4.69, 9.17) is 0 Å². The van der Waals surface area contributed by atoms with E-state index in [0.29, 0.717) is 0 Å². The van der Waals surface area contributed by atoms with Crippen molar-refractivity contribution in [3.63, 3.8) is 0 Å². The van der Waals surface area contributed by atoms with E-state index in [1.807, 2.05) is 13.1 Å². The molecule has 1 heterocycles. The van der Waals surface area contributed by atoms with Gasteiger partial charge in [-0.05, 0) is 7.05 Å². The van der Waals surface area contributed by atoms with Gasteiger partial charge in [0.25, 0.3) is 0 Å². The van der Waals surface area contributed by atoms with Crippen LogP contribution in [0.5, 0.6) is 0 Å². The van der Waals surface area contributed by atoms with Crippen LogP contribution >= 0.6 is 0 Å². The number of hydrogen-bond donors (Lipinski definition) is 1. The molecule has 0 aliphatic rings. The summed E-state index contributed by atoms with van der Waals surface area (Å²) in [5.74, 6) is 0. The molecule has 0 aliphatic carbocycles. The zero-order valence-corrected chi connectivity index (χ0v) is 6.49. The molecule has 1 aromatic rings. The van der Waals surface area contributed by atoms with Crippen LogP contribution in [0.15, 0.2) is 31.4 Å². The van der Waals surface area contributed by atoms with Crippen LogP contribution in [0.3, 0.4) is 0 Å². The maximum absolute atomic E-state index is 3.90. The third-order valence-electron chi connectivity index (χ3n) is 1.49. The molecule has 0 aromatic carbocycles. The van der Waals surface area contributed by atoms with E-state index in [0.717, 1.165) is 5.56 Å². The fraction of sp³-hybridized carbons (Fsp3) is 0.250. The van der Waals surface area contributed by atoms with Crippen molar-refractivity contribution < 1.29 is 0 Å². The molecule has 0 saturated heterocycles. The monoisotopic (exact) mass is 149 g/mol. The summed E-state index contributed by atoms with van der Waals surface area (Å²) in [5.41, 5.74) is 1.03. The Hall–Kier alpha value is -1.22. The summed E-state index contributed by atoms with van der Waals surface area (Å²) in [6.07, 6.45) is 6.88. The highest BCUT2D eigenvalue weighted by molar-refractivity contribution is 5.14. The van der Waals surface area contributed by atoms with Crippen LogP contribution in [0.2, 0.25) is 0 Å². The molecule has 11 heavy (non-hydrogen) atoms. The van der Waals surface area contributed by atoms with E-state index < -0.39 is 0 Å². The second-order valence-electron chi connectivity index (χ2n) is 2.17. The van der Waals surface area contributed by atoms with Crippen LogP contribution in [-0.4, -0.2) is 17.0 Å². The van der Waals surface area contributed by atoms with Gasteiger partial charge in [-0.2, -0.15) is 0 Å². The first kappa shape index (κ1) is 7.88. The molecule has 1 aromatic heterocycles. The lowest BCUT2D eigenvalue weighted by molar-refractivity contribution is 0.708. The van der Waals surface area contributed by atoms with Gasteiger partial charge in [0.1, 0.15) is 6.33 Å². The summed E-state index contributed by atoms with van der Waals surface area (Å²) in [7, 11) is 1.87. The topological polar surface area (TPSA) is 37.8 Å². The zero-order chi connectivity index (χ0) is 8.10. The van der Waals surface area contributed by atoms with Crippen molar-refractivity contribution in [2.45, 2.75) is 6.04 Å². The number of nitrogens with zero attached hydrogens (tertiary/aromatic N) is 2. The maximum atomic E-state index is 3.90. The van der Waals surface area contributed by atoms with Gasteiger partial charge in [0.2, 0.25) is 0 Å². The zero-order valence-electron chi connectivity index (χ0n) is 6.49. The Morgan fingerprint density at radius 1 is 1.55 bits per heavy atom. The predicted octanol–water partition coefficient (Wildman–Crippen LogP) is 0.923. The van der Waals surface area contributed by atoms with Crippen LogP contribution in [0.25, 0.3) is 0 Å². The van der Waals surface area contributed by atoms with E-state index >= 15 is 0 Å². The molecule has 0 aliphatic heterocycles. The standard InChI is InChI=1S/C8H11N3/c1-3-8(9-2)7-4-10-6-11-5-7/h3-6,8-9H,1H2,2H3. The van der Waals surface area contributed by atoms with Crippen LogP contribution in [0, 0.1) is 0 Å². The molecule has 3 heteroatoms. The van der Waals surface area contributed by atoms with Gasteiger partial charge < -0.3 is 5.32 Å². The normalized spacial score (nSPS) is 12.5. The van der Waals surface area contributed by atoms with Gasteiger partial charge in [-0.1, -0.05) is 6.08 Å². The fourth-order valence-corrected chi connectivity index (χ4v) is 0.892. The first-order valence-corrected chi connectivity index (χ1v) is 3.43. The van der Waals surface area contributed by atoms with Gasteiger partial charge in [-0.25, -0.2) is 9.97 Å². The van der Waals surface area contributed by atoms with Crippen molar-refractivity contribution in [2.75, 3.05) is 7.05 Å². The van der Waals surface area contributed by atoms with Crippen LogP contribution in [0.1, 0.15) is 11.6 Å². The second-order valence-corrected chi connectivity index (χ2v) is 2.17. The Morgan fingerprint density at radius 3 is 2.64 bits per heavy atom. The molecule has 1 rings (SSSR count). The van der Waals surface area contributed by atoms with E-state index in [-0.39, 0.29) is 6.04 Å². The Bertz CT molecular complexity index is 220. The molecule has 0 spiro atoms. The number of likely N-dealkylation sites (N-methyl/N-ethyl adjacent to an activating group) is 1. The Labute approximate surface area is 66.2 Å². The van der Waals surface area contributed by atoms with E-state index in [2.05, 4.69) is 21.9 Å². The highest BCUT2D eigenvalue weighted by Gasteiger charge is 2.02. The fourth-order valence-electron chi connectivity index (χ4n) is 0.892. The lowest BCUT2D eigenvalue weighted by Gasteiger charge is -2.08. The van der Waals surface area contributed by atoms with Crippen molar-refractivity contribution in [2.24, 2.45) is 0 Å². The molecule has 0 fully saturated rings. The summed E-state index contributed by atoms with van der Waals surface area (Å²) in [6, 6.07) is 0.149. The molecule has 0 bridgehead atoms. The SMILES string of the molecule is C=CC(NC)c1cncnc1. The minimum atomic E-state index is 0.149. The molecule has 0 amide bonds. The van der Waals surface area contributed by atoms with Crippen molar-refractivity contribution in [3.8, 4) is 0 Å². The lowest BCUT2D eigenvalue weighted by atomic mass is 10.1. The van der Waals surface area contributed by atoms with E-state index in [1.165, 1.54) is 6.33 Å². The van der Waals surface area contributed by atoms with Gasteiger partial charge in [-0.3, -0.25) is 0 Å². The quantitative estimate of drug-likeness (QED) is 0.649. The largest absolute Gasteiger partial charge is 0.310 e. The maximum Gasteiger partial charge on any atom is 0.115 e. The molecule has 1 atom stereocenters. The summed E-state index contributed by atoms with van der Waals surface area (Å²) in [4.78, 5) is 7.81. The highest BCUT2D eigenvalue weighted by atomic mass is 14.9. The van der Waals surface area contributed by atoms with Gasteiger partial charge in [0.05, 0.1) is 6.04 Å². The Balaban J connectivity index is 2.82. The minimum Gasteiger partial charge on any atom is -0.310 e. The first-order chi connectivity index (χ1) is 5.38. The van der Waals surface area contributed by atoms with Crippen molar-refractivity contribution in [1.82, 2.24) is 15.3 Å². The molecule has 1 unspecified atom stereocenters. The lowest BCUT2D eigenvalue weighted by Crippen LogP contribution is -2.13. The summed E-state index contributed by atoms with van der Waals surface area (Å²) in [6.45, 7) is 3.69. The molecular formula is C8H11N3. The van der Waals surface area contributed by atoms with E-state index in [1.54, 1.807) is 12.4 Å². The summed E-state index contributed by atoms with van der Waals surface area (Å²) < 4.78 is 0. The van der Waals surface area contributed by atoms with Crippen molar-refractivity contribution in [3.05, 3.63) is 36.9 Å². The number of nitrogens with one attached hydrogen (secondary N) is 1. The van der Waals surface area contributed by atoms with Crippen LogP contribution in [0.4, 0.5) is 0 Å². The molecule has 0 saturated carbocycles.